The lowest BCUT2D eigenvalue weighted by molar-refractivity contribution is 0.509. The van der Waals surface area contributed by atoms with Crippen molar-refractivity contribution in [3.05, 3.63) is 44.5 Å². The summed E-state index contributed by atoms with van der Waals surface area (Å²) in [4.78, 5) is 4.35. The predicted molar refractivity (Wildman–Crippen MR) is 90.0 cm³/mol. The summed E-state index contributed by atoms with van der Waals surface area (Å²) < 4.78 is 3.00. The Hall–Kier alpha value is -0.660. The summed E-state index contributed by atoms with van der Waals surface area (Å²) in [5.41, 5.74) is 1.18. The molecule has 1 atom stereocenters. The van der Waals surface area contributed by atoms with Crippen molar-refractivity contribution >= 4 is 34.2 Å². The summed E-state index contributed by atoms with van der Waals surface area (Å²) in [6.45, 7) is 5.91. The number of nitrogens with zero attached hydrogens (tertiary/aromatic N) is 3. The number of halogens is 2. The SMILES string of the molecule is CCNC(Cc1ncnn1CC)c1ccc(I)c(Cl)c1. The average Bonchev–Trinajstić information content (AvgIpc) is 2.88. The molecule has 1 unspecified atom stereocenters. The van der Waals surface area contributed by atoms with Gasteiger partial charge in [-0.2, -0.15) is 5.10 Å². The van der Waals surface area contributed by atoms with Crippen LogP contribution >= 0.6 is 34.2 Å². The third-order valence-corrected chi connectivity index (χ3v) is 4.75. The average molecular weight is 405 g/mol. The van der Waals surface area contributed by atoms with Gasteiger partial charge in [0.1, 0.15) is 12.2 Å². The second kappa shape index (κ2) is 7.38. The molecule has 2 aromatic rings. The molecule has 0 aliphatic rings. The van der Waals surface area contributed by atoms with Crippen LogP contribution in [0.15, 0.2) is 24.5 Å². The first kappa shape index (κ1) is 15.7. The molecule has 0 saturated carbocycles. The van der Waals surface area contributed by atoms with Gasteiger partial charge in [0, 0.05) is 22.6 Å². The number of aryl methyl sites for hydroxylation is 1. The maximum Gasteiger partial charge on any atom is 0.138 e. The highest BCUT2D eigenvalue weighted by molar-refractivity contribution is 14.1. The molecule has 20 heavy (non-hydrogen) atoms. The summed E-state index contributed by atoms with van der Waals surface area (Å²) in [6, 6.07) is 6.40. The summed E-state index contributed by atoms with van der Waals surface area (Å²) in [6.07, 6.45) is 2.42. The smallest absolute Gasteiger partial charge is 0.138 e. The van der Waals surface area contributed by atoms with Crippen molar-refractivity contribution in [1.82, 2.24) is 20.1 Å². The van der Waals surface area contributed by atoms with Gasteiger partial charge in [0.25, 0.3) is 0 Å². The first-order valence-electron chi connectivity index (χ1n) is 6.70. The van der Waals surface area contributed by atoms with Gasteiger partial charge < -0.3 is 5.32 Å². The molecule has 6 heteroatoms. The van der Waals surface area contributed by atoms with Gasteiger partial charge >= 0.3 is 0 Å². The van der Waals surface area contributed by atoms with Crippen molar-refractivity contribution in [2.24, 2.45) is 0 Å². The highest BCUT2D eigenvalue weighted by Crippen LogP contribution is 2.25. The number of nitrogens with one attached hydrogen (secondary N) is 1. The Labute approximate surface area is 138 Å². The van der Waals surface area contributed by atoms with E-state index in [1.807, 2.05) is 16.8 Å². The van der Waals surface area contributed by atoms with Gasteiger partial charge in [0.2, 0.25) is 0 Å². The number of likely N-dealkylation sites (N-methyl/N-ethyl adjacent to an activating group) is 1. The van der Waals surface area contributed by atoms with Crippen molar-refractivity contribution in [3.63, 3.8) is 0 Å². The Morgan fingerprint density at radius 3 is 2.85 bits per heavy atom. The van der Waals surface area contributed by atoms with E-state index in [0.717, 1.165) is 33.9 Å². The summed E-state index contributed by atoms with van der Waals surface area (Å²) in [5, 5.41) is 8.51. The van der Waals surface area contributed by atoms with Crippen LogP contribution in [-0.4, -0.2) is 21.3 Å². The summed E-state index contributed by atoms with van der Waals surface area (Å²) in [7, 11) is 0. The minimum atomic E-state index is 0.198. The number of rotatable bonds is 6. The zero-order chi connectivity index (χ0) is 14.5. The monoisotopic (exact) mass is 404 g/mol. The van der Waals surface area contributed by atoms with E-state index < -0.39 is 0 Å². The van der Waals surface area contributed by atoms with Crippen LogP contribution in [0.5, 0.6) is 0 Å². The zero-order valence-electron chi connectivity index (χ0n) is 11.6. The fourth-order valence-electron chi connectivity index (χ4n) is 2.18. The van der Waals surface area contributed by atoms with E-state index in [4.69, 9.17) is 11.6 Å². The standard InChI is InChI=1S/C14H18ClIN4/c1-3-17-13(8-14-18-9-19-20(14)4-2)10-5-6-12(16)11(15)7-10/h5-7,9,13,17H,3-4,8H2,1-2H3. The highest BCUT2D eigenvalue weighted by atomic mass is 127. The Kier molecular flexibility index (Phi) is 5.80. The van der Waals surface area contributed by atoms with Crippen LogP contribution in [0.1, 0.15) is 31.3 Å². The molecule has 0 aliphatic heterocycles. The maximum atomic E-state index is 6.23. The maximum absolute atomic E-state index is 6.23. The molecule has 1 aromatic heterocycles. The van der Waals surface area contributed by atoms with E-state index >= 15 is 0 Å². The lowest BCUT2D eigenvalue weighted by atomic mass is 10.0. The second-order valence-electron chi connectivity index (χ2n) is 4.48. The van der Waals surface area contributed by atoms with E-state index in [1.165, 1.54) is 5.56 Å². The second-order valence-corrected chi connectivity index (χ2v) is 6.05. The first-order valence-corrected chi connectivity index (χ1v) is 8.16. The number of aromatic nitrogens is 3. The number of hydrogen-bond acceptors (Lipinski definition) is 3. The van der Waals surface area contributed by atoms with E-state index in [0.29, 0.717) is 0 Å². The molecule has 108 valence electrons. The molecule has 2 rings (SSSR count). The highest BCUT2D eigenvalue weighted by Gasteiger charge is 2.15. The minimum Gasteiger partial charge on any atom is -0.310 e. The van der Waals surface area contributed by atoms with Gasteiger partial charge in [-0.1, -0.05) is 24.6 Å². The van der Waals surface area contributed by atoms with Crippen LogP contribution in [0.4, 0.5) is 0 Å². The topological polar surface area (TPSA) is 42.7 Å². The van der Waals surface area contributed by atoms with Gasteiger partial charge in [-0.3, -0.25) is 4.68 Å². The molecule has 1 N–H and O–H groups in total. The third-order valence-electron chi connectivity index (χ3n) is 3.18. The molecule has 4 nitrogen and oxygen atoms in total. The van der Waals surface area contributed by atoms with E-state index in [2.05, 4.69) is 57.9 Å². The zero-order valence-corrected chi connectivity index (χ0v) is 14.5. The van der Waals surface area contributed by atoms with Crippen molar-refractivity contribution < 1.29 is 0 Å². The summed E-state index contributed by atoms with van der Waals surface area (Å²) >= 11 is 8.47. The van der Waals surface area contributed by atoms with Crippen molar-refractivity contribution in [2.45, 2.75) is 32.9 Å². The van der Waals surface area contributed by atoms with Crippen LogP contribution in [0.3, 0.4) is 0 Å². The Balaban J connectivity index is 2.24. The lowest BCUT2D eigenvalue weighted by Crippen LogP contribution is -2.24. The van der Waals surface area contributed by atoms with Crippen LogP contribution in [0.25, 0.3) is 0 Å². The Bertz CT molecular complexity index is 570. The third kappa shape index (κ3) is 3.71. The van der Waals surface area contributed by atoms with Gasteiger partial charge in [-0.05, 0) is 53.8 Å². The molecular formula is C14H18ClIN4. The molecule has 0 fully saturated rings. The van der Waals surface area contributed by atoms with E-state index in [-0.39, 0.29) is 6.04 Å². The molecule has 0 aliphatic carbocycles. The Morgan fingerprint density at radius 2 is 2.20 bits per heavy atom. The first-order chi connectivity index (χ1) is 9.65. The largest absolute Gasteiger partial charge is 0.310 e. The molecule has 0 saturated heterocycles. The van der Waals surface area contributed by atoms with Crippen LogP contribution < -0.4 is 5.32 Å². The molecule has 1 aromatic carbocycles. The van der Waals surface area contributed by atoms with Crippen LogP contribution in [0, 0.1) is 3.57 Å². The Morgan fingerprint density at radius 1 is 1.40 bits per heavy atom. The normalized spacial score (nSPS) is 12.6. The van der Waals surface area contributed by atoms with Gasteiger partial charge in [0.05, 0.1) is 5.02 Å². The van der Waals surface area contributed by atoms with Crippen LogP contribution in [0.2, 0.25) is 5.02 Å². The van der Waals surface area contributed by atoms with Crippen LogP contribution in [-0.2, 0) is 13.0 Å². The van der Waals surface area contributed by atoms with E-state index in [1.54, 1.807) is 6.33 Å². The quantitative estimate of drug-likeness (QED) is 0.750. The molecule has 1 heterocycles. The van der Waals surface area contributed by atoms with Crippen molar-refractivity contribution in [3.8, 4) is 0 Å². The summed E-state index contributed by atoms with van der Waals surface area (Å²) in [5.74, 6) is 0.994. The molecule has 0 spiro atoms. The molecule has 0 bridgehead atoms. The molecule has 0 amide bonds. The molecular weight excluding hydrogens is 387 g/mol. The van der Waals surface area contributed by atoms with Crippen molar-refractivity contribution in [1.29, 1.82) is 0 Å². The fraction of sp³-hybridized carbons (Fsp3) is 0.429. The van der Waals surface area contributed by atoms with Gasteiger partial charge in [0.15, 0.2) is 0 Å². The van der Waals surface area contributed by atoms with Gasteiger partial charge in [-0.15, -0.1) is 0 Å². The minimum absolute atomic E-state index is 0.198. The molecule has 0 radical (unpaired) electrons. The van der Waals surface area contributed by atoms with Crippen molar-refractivity contribution in [2.75, 3.05) is 6.54 Å². The number of benzene rings is 1. The fourth-order valence-corrected chi connectivity index (χ4v) is 2.70. The van der Waals surface area contributed by atoms with E-state index in [9.17, 15) is 0 Å². The number of hydrogen-bond donors (Lipinski definition) is 1. The van der Waals surface area contributed by atoms with Gasteiger partial charge in [-0.25, -0.2) is 4.98 Å². The lowest BCUT2D eigenvalue weighted by Gasteiger charge is -2.18. The predicted octanol–water partition coefficient (Wildman–Crippen LogP) is 3.45.